The number of allylic oxidation sites excluding steroid dienone is 2. The highest BCUT2D eigenvalue weighted by molar-refractivity contribution is 5.89. The fraction of sp³-hybridized carbons (Fsp3) is 0.375. The fourth-order valence-corrected chi connectivity index (χ4v) is 3.19. The van der Waals surface area contributed by atoms with Gasteiger partial charge in [-0.25, -0.2) is 9.59 Å². The average molecular weight is 287 g/mol. The average Bonchev–Trinajstić information content (AvgIpc) is 2.95. The molecule has 0 bridgehead atoms. The van der Waals surface area contributed by atoms with Crippen molar-refractivity contribution in [2.24, 2.45) is 5.92 Å². The van der Waals surface area contributed by atoms with Crippen LogP contribution in [0.3, 0.4) is 0 Å². The second kappa shape index (κ2) is 5.24. The van der Waals surface area contributed by atoms with Crippen molar-refractivity contribution in [2.75, 3.05) is 11.9 Å². The van der Waals surface area contributed by atoms with Crippen molar-refractivity contribution in [3.8, 4) is 0 Å². The number of hydrogen-bond acceptors (Lipinski definition) is 4. The first kappa shape index (κ1) is 13.7. The van der Waals surface area contributed by atoms with E-state index in [9.17, 15) is 9.59 Å². The summed E-state index contributed by atoms with van der Waals surface area (Å²) in [6.07, 6.45) is 4.89. The third-order valence-corrected chi connectivity index (χ3v) is 4.15. The minimum Gasteiger partial charge on any atom is -0.478 e. The molecule has 1 aliphatic carbocycles. The summed E-state index contributed by atoms with van der Waals surface area (Å²) in [5.74, 6) is -1.04. The third-order valence-electron chi connectivity index (χ3n) is 4.15. The van der Waals surface area contributed by atoms with Gasteiger partial charge < -0.3 is 15.2 Å². The molecule has 0 saturated heterocycles. The Kier molecular flexibility index (Phi) is 3.41. The van der Waals surface area contributed by atoms with Crippen LogP contribution in [0.15, 0.2) is 30.4 Å². The smallest absolute Gasteiger partial charge is 0.335 e. The number of anilines is 1. The molecule has 2 aliphatic rings. The largest absolute Gasteiger partial charge is 0.478 e. The van der Waals surface area contributed by atoms with Gasteiger partial charge in [0.05, 0.1) is 12.2 Å². The van der Waals surface area contributed by atoms with E-state index >= 15 is 0 Å². The first-order valence-electron chi connectivity index (χ1n) is 7.09. The number of fused-ring (bicyclic) bond motifs is 3. The first-order chi connectivity index (χ1) is 10.1. The molecule has 1 aromatic rings. The molecule has 5 heteroatoms. The molecule has 21 heavy (non-hydrogen) atoms. The Morgan fingerprint density at radius 3 is 2.95 bits per heavy atom. The molecule has 0 fully saturated rings. The molecule has 3 atom stereocenters. The zero-order valence-electron chi connectivity index (χ0n) is 11.7. The van der Waals surface area contributed by atoms with Crippen molar-refractivity contribution in [3.63, 3.8) is 0 Å². The summed E-state index contributed by atoms with van der Waals surface area (Å²) < 4.78 is 5.14. The van der Waals surface area contributed by atoms with Gasteiger partial charge in [-0.05, 0) is 37.1 Å². The highest BCUT2D eigenvalue weighted by atomic mass is 16.5. The summed E-state index contributed by atoms with van der Waals surface area (Å²) in [6.45, 7) is 2.14. The summed E-state index contributed by atoms with van der Waals surface area (Å²) in [7, 11) is 0. The Hall–Kier alpha value is -2.30. The number of carboxylic acids is 1. The lowest BCUT2D eigenvalue weighted by atomic mass is 9.79. The monoisotopic (exact) mass is 287 g/mol. The predicted octanol–water partition coefficient (Wildman–Crippen LogP) is 2.40. The van der Waals surface area contributed by atoms with Gasteiger partial charge in [-0.2, -0.15) is 0 Å². The lowest BCUT2D eigenvalue weighted by Crippen LogP contribution is -2.43. The van der Waals surface area contributed by atoms with E-state index in [0.717, 1.165) is 17.7 Å². The molecule has 2 N–H and O–H groups in total. The number of esters is 1. The van der Waals surface area contributed by atoms with Gasteiger partial charge in [0.1, 0.15) is 6.04 Å². The number of hydrogen-bond donors (Lipinski definition) is 2. The maximum absolute atomic E-state index is 12.1. The van der Waals surface area contributed by atoms with Gasteiger partial charge in [0.15, 0.2) is 0 Å². The van der Waals surface area contributed by atoms with Crippen molar-refractivity contribution in [3.05, 3.63) is 41.5 Å². The number of rotatable bonds is 3. The Labute approximate surface area is 122 Å². The fourth-order valence-electron chi connectivity index (χ4n) is 3.19. The van der Waals surface area contributed by atoms with E-state index in [1.54, 1.807) is 25.1 Å². The van der Waals surface area contributed by atoms with Crippen LogP contribution in [-0.2, 0) is 9.53 Å². The van der Waals surface area contributed by atoms with E-state index in [-0.39, 0.29) is 29.4 Å². The van der Waals surface area contributed by atoms with Crippen molar-refractivity contribution < 1.29 is 19.4 Å². The molecule has 1 aliphatic heterocycles. The van der Waals surface area contributed by atoms with Crippen molar-refractivity contribution in [1.82, 2.24) is 0 Å². The molecule has 1 heterocycles. The normalized spacial score (nSPS) is 25.7. The van der Waals surface area contributed by atoms with Crippen LogP contribution in [0.5, 0.6) is 0 Å². The summed E-state index contributed by atoms with van der Waals surface area (Å²) >= 11 is 0. The number of carboxylic acid groups (broad SMARTS) is 1. The molecule has 0 amide bonds. The maximum Gasteiger partial charge on any atom is 0.335 e. The Morgan fingerprint density at radius 2 is 2.24 bits per heavy atom. The summed E-state index contributed by atoms with van der Waals surface area (Å²) in [5, 5.41) is 12.3. The maximum atomic E-state index is 12.1. The SMILES string of the molecule is CCOC(=O)[C@@H]1Nc2ccc(C(=O)O)cc2[C@H]2C=CC[C@@H]21. The molecule has 0 aromatic heterocycles. The van der Waals surface area contributed by atoms with E-state index in [2.05, 4.69) is 11.4 Å². The molecular weight excluding hydrogens is 270 g/mol. The molecule has 1 aromatic carbocycles. The number of carbonyl (C=O) groups excluding carboxylic acids is 1. The Balaban J connectivity index is 1.98. The van der Waals surface area contributed by atoms with Crippen LogP contribution in [0.25, 0.3) is 0 Å². The number of aromatic carboxylic acids is 1. The molecule has 110 valence electrons. The molecule has 0 radical (unpaired) electrons. The van der Waals surface area contributed by atoms with Crippen molar-refractivity contribution >= 4 is 17.6 Å². The topological polar surface area (TPSA) is 75.6 Å². The van der Waals surface area contributed by atoms with Crippen LogP contribution in [0.4, 0.5) is 5.69 Å². The highest BCUT2D eigenvalue weighted by Crippen LogP contribution is 2.45. The summed E-state index contributed by atoms with van der Waals surface area (Å²) in [5.41, 5.74) is 2.02. The summed E-state index contributed by atoms with van der Waals surface area (Å²) in [6, 6.07) is 4.59. The van der Waals surface area contributed by atoms with E-state index in [4.69, 9.17) is 9.84 Å². The van der Waals surface area contributed by atoms with Gasteiger partial charge in [-0.15, -0.1) is 0 Å². The second-order valence-corrected chi connectivity index (χ2v) is 5.33. The van der Waals surface area contributed by atoms with Gasteiger partial charge in [0.2, 0.25) is 0 Å². The van der Waals surface area contributed by atoms with E-state index in [1.807, 2.05) is 6.08 Å². The van der Waals surface area contributed by atoms with Crippen molar-refractivity contribution in [2.45, 2.75) is 25.3 Å². The van der Waals surface area contributed by atoms with Gasteiger partial charge in [0, 0.05) is 17.5 Å². The van der Waals surface area contributed by atoms with Crippen LogP contribution in [0.1, 0.15) is 35.2 Å². The van der Waals surface area contributed by atoms with Gasteiger partial charge in [0.25, 0.3) is 0 Å². The second-order valence-electron chi connectivity index (χ2n) is 5.33. The van der Waals surface area contributed by atoms with E-state index in [1.165, 1.54) is 0 Å². The zero-order chi connectivity index (χ0) is 15.0. The van der Waals surface area contributed by atoms with Gasteiger partial charge in [-0.3, -0.25) is 0 Å². The molecule has 0 saturated carbocycles. The van der Waals surface area contributed by atoms with Crippen LogP contribution in [0.2, 0.25) is 0 Å². The Morgan fingerprint density at radius 1 is 1.43 bits per heavy atom. The molecule has 5 nitrogen and oxygen atoms in total. The van der Waals surface area contributed by atoms with Crippen LogP contribution < -0.4 is 5.32 Å². The summed E-state index contributed by atoms with van der Waals surface area (Å²) in [4.78, 5) is 23.2. The number of benzene rings is 1. The Bertz CT molecular complexity index is 623. The first-order valence-corrected chi connectivity index (χ1v) is 7.09. The molecule has 0 spiro atoms. The van der Waals surface area contributed by atoms with E-state index < -0.39 is 5.97 Å². The predicted molar refractivity (Wildman–Crippen MR) is 77.4 cm³/mol. The van der Waals surface area contributed by atoms with Crippen LogP contribution >= 0.6 is 0 Å². The lowest BCUT2D eigenvalue weighted by Gasteiger charge is -2.35. The standard InChI is InChI=1S/C16H17NO4/c1-2-21-16(20)14-11-5-3-4-10(11)12-8-9(15(18)19)6-7-13(12)17-14/h3-4,6-8,10-11,14,17H,2,5H2,1H3,(H,18,19)/t10-,11-,14+/m0/s1. The van der Waals surface area contributed by atoms with Crippen LogP contribution in [-0.4, -0.2) is 29.7 Å². The molecule has 0 unspecified atom stereocenters. The number of nitrogens with one attached hydrogen (secondary N) is 1. The van der Waals surface area contributed by atoms with Crippen molar-refractivity contribution in [1.29, 1.82) is 0 Å². The molecule has 3 rings (SSSR count). The highest BCUT2D eigenvalue weighted by Gasteiger charge is 2.41. The zero-order valence-corrected chi connectivity index (χ0v) is 11.7. The van der Waals surface area contributed by atoms with E-state index in [0.29, 0.717) is 6.61 Å². The van der Waals surface area contributed by atoms with Crippen LogP contribution in [0, 0.1) is 5.92 Å². The van der Waals surface area contributed by atoms with Gasteiger partial charge in [-0.1, -0.05) is 12.2 Å². The minimum absolute atomic E-state index is 0.0648. The lowest BCUT2D eigenvalue weighted by molar-refractivity contribution is -0.145. The molecular formula is C16H17NO4. The minimum atomic E-state index is -0.941. The number of carbonyl (C=O) groups is 2. The quantitative estimate of drug-likeness (QED) is 0.659. The van der Waals surface area contributed by atoms with Gasteiger partial charge >= 0.3 is 11.9 Å². The third kappa shape index (κ3) is 2.28. The number of ether oxygens (including phenoxy) is 1.